The van der Waals surface area contributed by atoms with Crippen LogP contribution in [-0.4, -0.2) is 25.9 Å². The molecule has 4 aromatic rings. The van der Waals surface area contributed by atoms with Gasteiger partial charge >= 0.3 is 5.97 Å². The first-order valence-electron chi connectivity index (χ1n) is 8.80. The number of ether oxygens (including phenoxy) is 1. The molecule has 0 radical (unpaired) electrons. The van der Waals surface area contributed by atoms with Crippen molar-refractivity contribution in [2.24, 2.45) is 0 Å². The number of benzene rings is 2. The second-order valence-electron chi connectivity index (χ2n) is 6.24. The Morgan fingerprint density at radius 1 is 1.00 bits per heavy atom. The van der Waals surface area contributed by atoms with Crippen molar-refractivity contribution in [2.45, 2.75) is 20.5 Å². The number of aryl methyl sites for hydroxylation is 1. The Labute approximate surface area is 161 Å². The van der Waals surface area contributed by atoms with E-state index in [9.17, 15) is 4.79 Å². The number of hydrogen-bond acceptors (Lipinski definition) is 6. The van der Waals surface area contributed by atoms with Crippen LogP contribution in [0.2, 0.25) is 0 Å². The van der Waals surface area contributed by atoms with Crippen molar-refractivity contribution < 1.29 is 13.9 Å². The summed E-state index contributed by atoms with van der Waals surface area (Å²) in [6.07, 6.45) is 0. The Hall–Kier alpha value is -3.74. The van der Waals surface area contributed by atoms with Crippen molar-refractivity contribution in [1.82, 2.24) is 20.0 Å². The van der Waals surface area contributed by atoms with E-state index in [-0.39, 0.29) is 12.5 Å². The molecule has 28 heavy (non-hydrogen) atoms. The first-order valence-corrected chi connectivity index (χ1v) is 8.80. The van der Waals surface area contributed by atoms with Gasteiger partial charge in [-0.25, -0.2) is 9.48 Å². The number of esters is 1. The standard InChI is InChI=1S/C21H18N4O3/c1-14-19(15(2)25(24-14)17-11-7-4-8-12-17)21(26)27-13-18-22-23-20(28-18)16-9-5-3-6-10-16/h3-12H,13H2,1-2H3. The van der Waals surface area contributed by atoms with Gasteiger partial charge in [-0.1, -0.05) is 36.4 Å². The Morgan fingerprint density at radius 3 is 2.39 bits per heavy atom. The van der Waals surface area contributed by atoms with E-state index in [2.05, 4.69) is 15.3 Å². The number of aromatic nitrogens is 4. The molecule has 0 spiro atoms. The van der Waals surface area contributed by atoms with E-state index in [0.717, 1.165) is 11.3 Å². The van der Waals surface area contributed by atoms with Gasteiger partial charge in [0.2, 0.25) is 5.89 Å². The predicted octanol–water partition coefficient (Wildman–Crippen LogP) is 3.90. The average Bonchev–Trinajstić information content (AvgIpc) is 3.32. The Balaban J connectivity index is 1.49. The highest BCUT2D eigenvalue weighted by molar-refractivity contribution is 5.92. The topological polar surface area (TPSA) is 83.0 Å². The minimum absolute atomic E-state index is 0.103. The summed E-state index contributed by atoms with van der Waals surface area (Å²) in [6.45, 7) is 3.51. The summed E-state index contributed by atoms with van der Waals surface area (Å²) >= 11 is 0. The summed E-state index contributed by atoms with van der Waals surface area (Å²) in [7, 11) is 0. The molecule has 0 N–H and O–H groups in total. The first kappa shape index (κ1) is 17.7. The SMILES string of the molecule is Cc1nn(-c2ccccc2)c(C)c1C(=O)OCc1nnc(-c2ccccc2)o1. The Kier molecular flexibility index (Phi) is 4.72. The Morgan fingerprint density at radius 2 is 1.68 bits per heavy atom. The summed E-state index contributed by atoms with van der Waals surface area (Å²) in [5, 5.41) is 12.4. The highest BCUT2D eigenvalue weighted by atomic mass is 16.5. The fraction of sp³-hybridized carbons (Fsp3) is 0.143. The van der Waals surface area contributed by atoms with Crippen molar-refractivity contribution >= 4 is 5.97 Å². The minimum Gasteiger partial charge on any atom is -0.452 e. The third-order valence-corrected chi connectivity index (χ3v) is 4.31. The summed E-state index contributed by atoms with van der Waals surface area (Å²) in [5.41, 5.74) is 3.44. The molecule has 0 amide bonds. The lowest BCUT2D eigenvalue weighted by Crippen LogP contribution is -2.08. The number of carbonyl (C=O) groups excluding carboxylic acids is 1. The fourth-order valence-electron chi connectivity index (χ4n) is 2.97. The van der Waals surface area contributed by atoms with Crippen LogP contribution in [-0.2, 0) is 11.3 Å². The zero-order valence-corrected chi connectivity index (χ0v) is 15.5. The summed E-state index contributed by atoms with van der Waals surface area (Å²) in [5.74, 6) is 0.144. The van der Waals surface area contributed by atoms with Crippen LogP contribution in [0.3, 0.4) is 0 Å². The second kappa shape index (κ2) is 7.48. The van der Waals surface area contributed by atoms with Gasteiger partial charge in [0, 0.05) is 5.56 Å². The third kappa shape index (κ3) is 3.42. The van der Waals surface area contributed by atoms with Crippen molar-refractivity contribution in [3.63, 3.8) is 0 Å². The molecular weight excluding hydrogens is 356 g/mol. The summed E-state index contributed by atoms with van der Waals surface area (Å²) in [6, 6.07) is 19.0. The first-order chi connectivity index (χ1) is 13.6. The maximum Gasteiger partial charge on any atom is 0.342 e. The normalized spacial score (nSPS) is 10.8. The van der Waals surface area contributed by atoms with Gasteiger partial charge in [0.15, 0.2) is 6.61 Å². The van der Waals surface area contributed by atoms with E-state index < -0.39 is 5.97 Å². The van der Waals surface area contributed by atoms with Crippen molar-refractivity contribution in [3.05, 3.63) is 83.5 Å². The molecular formula is C21H18N4O3. The molecule has 0 atom stereocenters. The number of hydrogen-bond donors (Lipinski definition) is 0. The Bertz CT molecular complexity index is 1100. The molecule has 4 rings (SSSR count). The van der Waals surface area contributed by atoms with Crippen molar-refractivity contribution in [2.75, 3.05) is 0 Å². The van der Waals surface area contributed by atoms with Crippen LogP contribution < -0.4 is 0 Å². The number of carbonyl (C=O) groups is 1. The molecule has 0 saturated carbocycles. The lowest BCUT2D eigenvalue weighted by molar-refractivity contribution is 0.0437. The molecule has 0 fully saturated rings. The van der Waals surface area contributed by atoms with Crippen LogP contribution in [0.4, 0.5) is 0 Å². The summed E-state index contributed by atoms with van der Waals surface area (Å²) in [4.78, 5) is 12.6. The molecule has 0 aliphatic rings. The van der Waals surface area contributed by atoms with Crippen LogP contribution in [0.5, 0.6) is 0 Å². The van der Waals surface area contributed by atoms with Gasteiger partial charge in [-0.2, -0.15) is 5.10 Å². The molecule has 7 nitrogen and oxygen atoms in total. The number of para-hydroxylation sites is 1. The molecule has 0 saturated heterocycles. The minimum atomic E-state index is -0.475. The van der Waals surface area contributed by atoms with E-state index in [1.165, 1.54) is 0 Å². The smallest absolute Gasteiger partial charge is 0.342 e. The second-order valence-corrected chi connectivity index (χ2v) is 6.24. The number of nitrogens with zero attached hydrogens (tertiary/aromatic N) is 4. The van der Waals surface area contributed by atoms with Gasteiger partial charge in [0.25, 0.3) is 5.89 Å². The van der Waals surface area contributed by atoms with Gasteiger partial charge in [0.1, 0.15) is 5.56 Å². The molecule has 7 heteroatoms. The molecule has 2 aromatic heterocycles. The number of rotatable bonds is 5. The molecule has 2 heterocycles. The largest absolute Gasteiger partial charge is 0.452 e. The van der Waals surface area contributed by atoms with Crippen LogP contribution >= 0.6 is 0 Å². The highest BCUT2D eigenvalue weighted by Crippen LogP contribution is 2.20. The van der Waals surface area contributed by atoms with Crippen LogP contribution in [0.15, 0.2) is 65.1 Å². The molecule has 2 aromatic carbocycles. The van der Waals surface area contributed by atoms with Crippen LogP contribution in [0.1, 0.15) is 27.6 Å². The molecule has 0 bridgehead atoms. The average molecular weight is 374 g/mol. The van der Waals surface area contributed by atoms with Crippen molar-refractivity contribution in [1.29, 1.82) is 0 Å². The lowest BCUT2D eigenvalue weighted by atomic mass is 10.2. The third-order valence-electron chi connectivity index (χ3n) is 4.31. The maximum absolute atomic E-state index is 12.6. The maximum atomic E-state index is 12.6. The van der Waals surface area contributed by atoms with Gasteiger partial charge < -0.3 is 9.15 Å². The quantitative estimate of drug-likeness (QED) is 0.493. The monoisotopic (exact) mass is 374 g/mol. The van der Waals surface area contributed by atoms with Gasteiger partial charge in [-0.05, 0) is 38.1 Å². The van der Waals surface area contributed by atoms with Crippen molar-refractivity contribution in [3.8, 4) is 17.1 Å². The van der Waals surface area contributed by atoms with E-state index in [1.807, 2.05) is 67.6 Å². The zero-order chi connectivity index (χ0) is 19.5. The fourth-order valence-corrected chi connectivity index (χ4v) is 2.97. The predicted molar refractivity (Wildman–Crippen MR) is 102 cm³/mol. The van der Waals surface area contributed by atoms with Crippen LogP contribution in [0, 0.1) is 13.8 Å². The molecule has 0 aliphatic carbocycles. The van der Waals surface area contributed by atoms with Gasteiger partial charge in [0.05, 0.1) is 17.1 Å². The molecule has 0 unspecified atom stereocenters. The van der Waals surface area contributed by atoms with Crippen LogP contribution in [0.25, 0.3) is 17.1 Å². The molecule has 0 aliphatic heterocycles. The van der Waals surface area contributed by atoms with E-state index in [4.69, 9.17) is 9.15 Å². The molecule has 140 valence electrons. The van der Waals surface area contributed by atoms with Gasteiger partial charge in [-0.15, -0.1) is 10.2 Å². The summed E-state index contributed by atoms with van der Waals surface area (Å²) < 4.78 is 12.7. The highest BCUT2D eigenvalue weighted by Gasteiger charge is 2.21. The van der Waals surface area contributed by atoms with Gasteiger partial charge in [-0.3, -0.25) is 0 Å². The zero-order valence-electron chi connectivity index (χ0n) is 15.5. The van der Waals surface area contributed by atoms with E-state index >= 15 is 0 Å². The van der Waals surface area contributed by atoms with E-state index in [0.29, 0.717) is 22.8 Å². The van der Waals surface area contributed by atoms with E-state index in [1.54, 1.807) is 11.6 Å². The lowest BCUT2D eigenvalue weighted by Gasteiger charge is -2.05.